The molecule has 0 spiro atoms. The van der Waals surface area contributed by atoms with E-state index >= 15 is 0 Å². The van der Waals surface area contributed by atoms with E-state index < -0.39 is 60.2 Å². The van der Waals surface area contributed by atoms with E-state index in [1.54, 1.807) is 54.6 Å². The number of nitrogen functional groups attached to an aromatic ring is 1. The molecule has 0 aliphatic heterocycles. The zero-order valence-electron chi connectivity index (χ0n) is 22.6. The summed E-state index contributed by atoms with van der Waals surface area (Å²) in [5.41, 5.74) is 19.1. The minimum Gasteiger partial charge on any atom is -0.481 e. The van der Waals surface area contributed by atoms with Crippen molar-refractivity contribution in [1.29, 1.82) is 0 Å². The molecule has 222 valence electrons. The van der Waals surface area contributed by atoms with Crippen LogP contribution < -0.4 is 33.2 Å². The van der Waals surface area contributed by atoms with Crippen molar-refractivity contribution in [1.82, 2.24) is 16.0 Å². The molecule has 2 aromatic rings. The molecule has 0 unspecified atom stereocenters. The number of rotatable bonds is 17. The third kappa shape index (κ3) is 11.6. The molecular formula is C28H38N6O7. The Morgan fingerprint density at radius 3 is 1.73 bits per heavy atom. The Bertz CT molecular complexity index is 1180. The second kappa shape index (κ2) is 16.6. The quantitative estimate of drug-likeness (QED) is 0.0897. The van der Waals surface area contributed by atoms with Crippen molar-refractivity contribution in [2.24, 2.45) is 11.5 Å². The molecule has 41 heavy (non-hydrogen) atoms. The first kappa shape index (κ1) is 32.7. The fraction of sp³-hybridized carbons (Fsp3) is 0.393. The van der Waals surface area contributed by atoms with Gasteiger partial charge in [0.15, 0.2) is 0 Å². The van der Waals surface area contributed by atoms with Crippen LogP contribution in [0.4, 0.5) is 5.69 Å². The Hall–Kier alpha value is -4.49. The molecule has 4 atom stereocenters. The number of carboxylic acids is 2. The van der Waals surface area contributed by atoms with E-state index in [1.807, 2.05) is 0 Å². The molecule has 13 nitrogen and oxygen atoms in total. The lowest BCUT2D eigenvalue weighted by atomic mass is 10.0. The number of hydrogen-bond acceptors (Lipinski definition) is 8. The van der Waals surface area contributed by atoms with Gasteiger partial charge in [-0.25, -0.2) is 4.79 Å². The van der Waals surface area contributed by atoms with Crippen LogP contribution in [0.2, 0.25) is 0 Å². The summed E-state index contributed by atoms with van der Waals surface area (Å²) >= 11 is 0. The highest BCUT2D eigenvalue weighted by atomic mass is 16.4. The van der Waals surface area contributed by atoms with E-state index in [0.29, 0.717) is 42.6 Å². The van der Waals surface area contributed by atoms with E-state index in [2.05, 4.69) is 16.0 Å². The number of carboxylic acid groups (broad SMARTS) is 2. The lowest BCUT2D eigenvalue weighted by Crippen LogP contribution is -2.58. The molecule has 0 saturated heterocycles. The van der Waals surface area contributed by atoms with Crippen LogP contribution in [0.5, 0.6) is 0 Å². The number of carbonyl (C=O) groups excluding carboxylic acids is 3. The monoisotopic (exact) mass is 570 g/mol. The highest BCUT2D eigenvalue weighted by molar-refractivity contribution is 5.95. The van der Waals surface area contributed by atoms with Crippen LogP contribution >= 0.6 is 0 Å². The van der Waals surface area contributed by atoms with Gasteiger partial charge in [0.05, 0.1) is 12.5 Å². The average Bonchev–Trinajstić information content (AvgIpc) is 2.93. The fourth-order valence-corrected chi connectivity index (χ4v) is 4.00. The fourth-order valence-electron chi connectivity index (χ4n) is 4.00. The topological polar surface area (TPSA) is 240 Å². The standard InChI is InChI=1S/C28H38N6O7/c29-13-5-4-8-20(31)25(37)32-21(15-18-9-11-19(30)12-10-18)26(38)33-22(14-17-6-2-1-3-7-17)27(39)34-23(28(40)41)16-24(35)36/h1-3,6-7,9-12,20-23H,4-5,8,13-16,29-31H2,(H,32,37)(H,33,38)(H,34,39)(H,35,36)(H,40,41)/t20-,21+,22+,23+/m1/s1. The second-order valence-electron chi connectivity index (χ2n) is 9.65. The predicted octanol–water partition coefficient (Wildman–Crippen LogP) is -0.476. The summed E-state index contributed by atoms with van der Waals surface area (Å²) in [6.07, 6.45) is 0.832. The summed E-state index contributed by atoms with van der Waals surface area (Å²) in [5, 5.41) is 25.9. The van der Waals surface area contributed by atoms with E-state index in [4.69, 9.17) is 22.3 Å². The number of unbranched alkanes of at least 4 members (excludes halogenated alkanes) is 1. The van der Waals surface area contributed by atoms with Crippen molar-refractivity contribution in [2.75, 3.05) is 12.3 Å². The smallest absolute Gasteiger partial charge is 0.326 e. The van der Waals surface area contributed by atoms with E-state index in [-0.39, 0.29) is 12.8 Å². The number of nitrogens with two attached hydrogens (primary N) is 3. The molecule has 0 radical (unpaired) electrons. The number of nitrogens with one attached hydrogen (secondary N) is 3. The van der Waals surface area contributed by atoms with Gasteiger partial charge in [-0.3, -0.25) is 19.2 Å². The molecule has 0 fully saturated rings. The van der Waals surface area contributed by atoms with Crippen LogP contribution in [0, 0.1) is 0 Å². The van der Waals surface area contributed by atoms with Crippen molar-refractivity contribution in [2.45, 2.75) is 62.7 Å². The summed E-state index contributed by atoms with van der Waals surface area (Å²) in [7, 11) is 0. The normalized spacial score (nSPS) is 13.7. The number of anilines is 1. The van der Waals surface area contributed by atoms with Gasteiger partial charge in [-0.15, -0.1) is 0 Å². The number of amides is 3. The van der Waals surface area contributed by atoms with Crippen LogP contribution in [-0.2, 0) is 36.8 Å². The van der Waals surface area contributed by atoms with Crippen molar-refractivity contribution in [3.63, 3.8) is 0 Å². The average molecular weight is 571 g/mol. The Morgan fingerprint density at radius 2 is 1.22 bits per heavy atom. The molecule has 2 rings (SSSR count). The Balaban J connectivity index is 2.30. The van der Waals surface area contributed by atoms with Gasteiger partial charge < -0.3 is 43.4 Å². The van der Waals surface area contributed by atoms with Crippen molar-refractivity contribution >= 4 is 35.3 Å². The SMILES string of the molecule is NCCCC[C@@H](N)C(=O)N[C@@H](Cc1ccc(N)cc1)C(=O)N[C@@H](Cc1ccccc1)C(=O)N[C@@H](CC(=O)O)C(=O)O. The molecule has 13 heteroatoms. The first-order chi connectivity index (χ1) is 19.5. The van der Waals surface area contributed by atoms with Gasteiger partial charge in [-0.05, 0) is 42.6 Å². The molecule has 0 aromatic heterocycles. The van der Waals surface area contributed by atoms with Crippen LogP contribution in [0.1, 0.15) is 36.8 Å². The summed E-state index contributed by atoms with van der Waals surface area (Å²) in [6.45, 7) is 0.455. The van der Waals surface area contributed by atoms with Gasteiger partial charge in [-0.2, -0.15) is 0 Å². The van der Waals surface area contributed by atoms with E-state index in [0.717, 1.165) is 0 Å². The van der Waals surface area contributed by atoms with Gasteiger partial charge in [0.2, 0.25) is 17.7 Å². The summed E-state index contributed by atoms with van der Waals surface area (Å²) < 4.78 is 0. The van der Waals surface area contributed by atoms with Gasteiger partial charge >= 0.3 is 11.9 Å². The number of aliphatic carboxylic acids is 2. The Kier molecular flexibility index (Phi) is 13.2. The van der Waals surface area contributed by atoms with E-state index in [9.17, 15) is 29.1 Å². The Morgan fingerprint density at radius 1 is 0.707 bits per heavy atom. The maximum atomic E-state index is 13.5. The zero-order chi connectivity index (χ0) is 30.4. The molecule has 0 aliphatic rings. The zero-order valence-corrected chi connectivity index (χ0v) is 22.6. The summed E-state index contributed by atoms with van der Waals surface area (Å²) in [6, 6.07) is 10.3. The van der Waals surface area contributed by atoms with Crippen LogP contribution in [0.15, 0.2) is 54.6 Å². The highest BCUT2D eigenvalue weighted by Crippen LogP contribution is 2.11. The molecule has 3 amide bonds. The molecule has 0 aliphatic carbocycles. The molecule has 0 bridgehead atoms. The van der Waals surface area contributed by atoms with Crippen LogP contribution in [0.25, 0.3) is 0 Å². The van der Waals surface area contributed by atoms with Crippen molar-refractivity contribution in [3.05, 3.63) is 65.7 Å². The Labute approximate surface area is 237 Å². The lowest BCUT2D eigenvalue weighted by Gasteiger charge is -2.25. The van der Waals surface area contributed by atoms with Crippen LogP contribution in [-0.4, -0.2) is 70.6 Å². The number of benzene rings is 2. The lowest BCUT2D eigenvalue weighted by molar-refractivity contribution is -0.147. The molecular weight excluding hydrogens is 532 g/mol. The highest BCUT2D eigenvalue weighted by Gasteiger charge is 2.31. The van der Waals surface area contributed by atoms with Crippen molar-refractivity contribution in [3.8, 4) is 0 Å². The third-order valence-electron chi connectivity index (χ3n) is 6.27. The second-order valence-corrected chi connectivity index (χ2v) is 9.65. The number of hydrogen-bond donors (Lipinski definition) is 8. The third-order valence-corrected chi connectivity index (χ3v) is 6.27. The maximum Gasteiger partial charge on any atom is 0.326 e. The first-order valence-corrected chi connectivity index (χ1v) is 13.2. The van der Waals surface area contributed by atoms with E-state index in [1.165, 1.54) is 0 Å². The largest absolute Gasteiger partial charge is 0.481 e. The molecule has 0 saturated carbocycles. The summed E-state index contributed by atoms with van der Waals surface area (Å²) in [4.78, 5) is 62.2. The van der Waals surface area contributed by atoms with Gasteiger partial charge in [0.25, 0.3) is 0 Å². The summed E-state index contributed by atoms with van der Waals surface area (Å²) in [5.74, 6) is -5.13. The van der Waals surface area contributed by atoms with Gasteiger partial charge in [0.1, 0.15) is 18.1 Å². The van der Waals surface area contributed by atoms with Crippen molar-refractivity contribution < 1.29 is 34.2 Å². The van der Waals surface area contributed by atoms with Gasteiger partial charge in [-0.1, -0.05) is 48.9 Å². The van der Waals surface area contributed by atoms with Gasteiger partial charge in [0, 0.05) is 18.5 Å². The minimum absolute atomic E-state index is 0.0288. The molecule has 0 heterocycles. The first-order valence-electron chi connectivity index (χ1n) is 13.2. The number of carbonyl (C=O) groups is 5. The molecule has 11 N–H and O–H groups in total. The molecule has 2 aromatic carbocycles. The predicted molar refractivity (Wildman–Crippen MR) is 151 cm³/mol. The minimum atomic E-state index is -1.72. The van der Waals surface area contributed by atoms with Crippen LogP contribution in [0.3, 0.4) is 0 Å². The maximum absolute atomic E-state index is 13.5.